The van der Waals surface area contributed by atoms with E-state index in [4.69, 9.17) is 11.5 Å². The molecular formula is C48H68N12O14. The lowest BCUT2D eigenvalue weighted by Gasteiger charge is -2.32. The number of aliphatic hydroxyl groups excluding tert-OH is 2. The number of nitrogens with zero attached hydrogens (tertiary/aromatic N) is 2. The number of phenols is 1. The van der Waals surface area contributed by atoms with E-state index in [2.05, 4.69) is 47.5 Å². The number of aliphatic imine (C=N–C) groups is 1. The summed E-state index contributed by atoms with van der Waals surface area (Å²) in [4.78, 5) is 143. The highest BCUT2D eigenvalue weighted by molar-refractivity contribution is 6.00. The van der Waals surface area contributed by atoms with Crippen LogP contribution in [0.2, 0.25) is 0 Å². The number of benzene rings is 2. The van der Waals surface area contributed by atoms with Gasteiger partial charge in [-0.25, -0.2) is 0 Å². The first kappa shape index (κ1) is 58.7. The Morgan fingerprint density at radius 3 is 1.80 bits per heavy atom. The van der Waals surface area contributed by atoms with E-state index < -0.39 is 139 Å². The summed E-state index contributed by atoms with van der Waals surface area (Å²) in [6.45, 7) is 4.49. The van der Waals surface area contributed by atoms with Gasteiger partial charge in [-0.05, 0) is 68.7 Å². The number of amides is 9. The number of aromatic hydroxyl groups is 1. The Kier molecular flexibility index (Phi) is 22.1. The number of hydrogen-bond acceptors (Lipinski definition) is 14. The van der Waals surface area contributed by atoms with Crippen LogP contribution in [0.5, 0.6) is 5.75 Å². The van der Waals surface area contributed by atoms with Gasteiger partial charge < -0.3 is 79.3 Å². The van der Waals surface area contributed by atoms with Crippen LogP contribution < -0.4 is 54.0 Å². The van der Waals surface area contributed by atoms with Crippen molar-refractivity contribution in [1.29, 1.82) is 0 Å². The van der Waals surface area contributed by atoms with Gasteiger partial charge in [-0.1, -0.05) is 56.3 Å². The first-order valence-electron chi connectivity index (χ1n) is 24.1. The highest BCUT2D eigenvalue weighted by Crippen LogP contribution is 2.22. The van der Waals surface area contributed by atoms with E-state index in [0.29, 0.717) is 11.1 Å². The van der Waals surface area contributed by atoms with Crippen molar-refractivity contribution in [3.8, 4) is 5.75 Å². The average Bonchev–Trinajstić information content (AvgIpc) is 3.84. The molecule has 0 spiro atoms. The maximum absolute atomic E-state index is 14.7. The summed E-state index contributed by atoms with van der Waals surface area (Å²) in [5.41, 5.74) is 11.8. The van der Waals surface area contributed by atoms with Crippen molar-refractivity contribution in [3.05, 3.63) is 65.7 Å². The highest BCUT2D eigenvalue weighted by Gasteiger charge is 2.41. The number of rotatable bonds is 13. The molecule has 0 bridgehead atoms. The van der Waals surface area contributed by atoms with Crippen LogP contribution in [0.1, 0.15) is 70.9 Å². The lowest BCUT2D eigenvalue weighted by atomic mass is 10.0. The summed E-state index contributed by atoms with van der Waals surface area (Å²) in [7, 11) is 0. The average molecular weight is 1040 g/mol. The smallest absolute Gasteiger partial charge is 0.305 e. The second-order valence-corrected chi connectivity index (χ2v) is 18.5. The molecule has 9 amide bonds. The molecule has 74 heavy (non-hydrogen) atoms. The van der Waals surface area contributed by atoms with Gasteiger partial charge in [0.1, 0.15) is 60.1 Å². The third kappa shape index (κ3) is 17.4. The van der Waals surface area contributed by atoms with Crippen molar-refractivity contribution in [3.63, 3.8) is 0 Å². The molecule has 0 aromatic heterocycles. The lowest BCUT2D eigenvalue weighted by Crippen LogP contribution is -2.62. The zero-order chi connectivity index (χ0) is 54.8. The Balaban J connectivity index is 1.81. The van der Waals surface area contributed by atoms with Gasteiger partial charge in [0.15, 0.2) is 5.96 Å². The van der Waals surface area contributed by atoms with Crippen LogP contribution in [-0.2, 0) is 60.8 Å². The Labute approximate surface area is 426 Å². The fourth-order valence-corrected chi connectivity index (χ4v) is 8.17. The van der Waals surface area contributed by atoms with Crippen LogP contribution in [0.4, 0.5) is 0 Å². The van der Waals surface area contributed by atoms with Gasteiger partial charge in [-0.2, -0.15) is 0 Å². The fraction of sp³-hybridized carbons (Fsp3) is 0.521. The molecule has 2 aromatic rings. The van der Waals surface area contributed by atoms with E-state index in [9.17, 15) is 68.4 Å². The second kappa shape index (κ2) is 27.8. The summed E-state index contributed by atoms with van der Waals surface area (Å²) >= 11 is 0. The Morgan fingerprint density at radius 1 is 0.662 bits per heavy atom. The normalized spacial score (nSPS) is 25.9. The molecule has 2 saturated heterocycles. The summed E-state index contributed by atoms with van der Waals surface area (Å²) in [6.07, 6.45) is -2.81. The molecule has 16 N–H and O–H groups in total. The summed E-state index contributed by atoms with van der Waals surface area (Å²) in [5.74, 6) is -11.5. The van der Waals surface area contributed by atoms with Crippen molar-refractivity contribution in [2.75, 3.05) is 19.7 Å². The standard InChI is InChI=1S/C48H68N12O14/c1-24(2)37-45(72)59-38(26(4)62)46(73)56-33(21-28-14-16-29(63)17-15-28)47(74)60-19-9-13-35(60)44(71)55-31(20-27-10-6-5-7-11-27)41(68)54-32(22-36(64)65)42(69)57-34(23-61)43(70)53-30(12-8-18-51-48(49)50)40(67)52-25(3)39(66)58-37/h5-7,10-11,14-17,24-26,30-35,37-38,61-63H,8-9,12-13,18-23H2,1-4H3,(H,52,67)(H,53,70)(H,54,68)(H,55,71)(H,56,73)(H,57,69)(H,58,66)(H,59,72)(H,64,65)(H4,49,50,51)/t25-,26+,30-,31-,32-,33-,34-,35-,37-,38-/m0/s1. The number of hydrogen-bond donors (Lipinski definition) is 14. The molecular weight excluding hydrogens is 969 g/mol. The topological polar surface area (TPSA) is 415 Å². The van der Waals surface area contributed by atoms with E-state index in [1.165, 1.54) is 43.0 Å². The minimum absolute atomic E-state index is 0.00120. The molecule has 10 atom stereocenters. The van der Waals surface area contributed by atoms with E-state index in [0.717, 1.165) is 0 Å². The second-order valence-electron chi connectivity index (χ2n) is 18.5. The maximum Gasteiger partial charge on any atom is 0.305 e. The van der Waals surface area contributed by atoms with Gasteiger partial charge in [-0.3, -0.25) is 52.9 Å². The first-order valence-corrected chi connectivity index (χ1v) is 24.1. The fourth-order valence-electron chi connectivity index (χ4n) is 8.17. The van der Waals surface area contributed by atoms with Crippen molar-refractivity contribution in [2.45, 2.75) is 133 Å². The van der Waals surface area contributed by atoms with Crippen LogP contribution in [0, 0.1) is 5.92 Å². The van der Waals surface area contributed by atoms with E-state index in [1.807, 2.05) is 0 Å². The molecule has 2 aliphatic rings. The van der Waals surface area contributed by atoms with Crippen LogP contribution in [0.25, 0.3) is 0 Å². The summed E-state index contributed by atoms with van der Waals surface area (Å²) < 4.78 is 0. The SMILES string of the molecule is CC(C)[C@@H]1NC(=O)[C@H](C)NC(=O)[C@H](CCCN=C(N)N)NC(=O)[C@H](CO)NC(=O)[C@H](CC(=O)O)NC(=O)[C@H](Cc2ccccc2)NC(=O)[C@@H]2CCCN2C(=O)[C@H](Cc2ccc(O)cc2)NC(=O)[C@H]([C@@H](C)O)NC1=O. The van der Waals surface area contributed by atoms with Crippen molar-refractivity contribution >= 4 is 65.1 Å². The summed E-state index contributed by atoms with van der Waals surface area (Å²) in [5, 5.41) is 60.6. The van der Waals surface area contributed by atoms with Crippen LogP contribution in [0.15, 0.2) is 59.6 Å². The number of nitrogens with one attached hydrogen (secondary N) is 8. The quantitative estimate of drug-likeness (QED) is 0.0512. The number of aliphatic carboxylic acids is 1. The monoisotopic (exact) mass is 1040 g/mol. The number of carboxylic acids is 1. The largest absolute Gasteiger partial charge is 0.508 e. The first-order chi connectivity index (χ1) is 35.0. The molecule has 2 aromatic carbocycles. The molecule has 404 valence electrons. The Bertz CT molecular complexity index is 2370. The van der Waals surface area contributed by atoms with Gasteiger partial charge in [0.2, 0.25) is 53.2 Å². The predicted octanol–water partition coefficient (Wildman–Crippen LogP) is -4.36. The molecule has 26 heteroatoms. The van der Waals surface area contributed by atoms with Crippen molar-refractivity contribution in [1.82, 2.24) is 47.4 Å². The number of nitrogens with two attached hydrogens (primary N) is 2. The molecule has 2 heterocycles. The van der Waals surface area contributed by atoms with Crippen molar-refractivity contribution < 1.29 is 68.4 Å². The minimum atomic E-state index is -1.92. The third-order valence-electron chi connectivity index (χ3n) is 12.2. The summed E-state index contributed by atoms with van der Waals surface area (Å²) in [6, 6.07) is -0.0656. The predicted molar refractivity (Wildman–Crippen MR) is 264 cm³/mol. The molecule has 0 aliphatic carbocycles. The van der Waals surface area contributed by atoms with Crippen molar-refractivity contribution in [2.24, 2.45) is 22.4 Å². The zero-order valence-electron chi connectivity index (χ0n) is 41.5. The Hall–Kier alpha value is -7.87. The van der Waals surface area contributed by atoms with Crippen LogP contribution in [0.3, 0.4) is 0 Å². The van der Waals surface area contributed by atoms with Gasteiger partial charge in [0.05, 0.1) is 19.1 Å². The maximum atomic E-state index is 14.7. The number of carbonyl (C=O) groups is 10. The van der Waals surface area contributed by atoms with Gasteiger partial charge >= 0.3 is 5.97 Å². The van der Waals surface area contributed by atoms with Gasteiger partial charge in [0.25, 0.3) is 0 Å². The van der Waals surface area contributed by atoms with Gasteiger partial charge in [0, 0.05) is 25.9 Å². The van der Waals surface area contributed by atoms with Gasteiger partial charge in [-0.15, -0.1) is 0 Å². The van der Waals surface area contributed by atoms with E-state index >= 15 is 0 Å². The Morgan fingerprint density at radius 2 is 1.19 bits per heavy atom. The van der Waals surface area contributed by atoms with E-state index in [1.54, 1.807) is 44.2 Å². The molecule has 2 aliphatic heterocycles. The lowest BCUT2D eigenvalue weighted by molar-refractivity contribution is -0.143. The molecule has 0 radical (unpaired) electrons. The highest BCUT2D eigenvalue weighted by atomic mass is 16.4. The molecule has 4 rings (SSSR count). The van der Waals surface area contributed by atoms with Crippen LogP contribution >= 0.6 is 0 Å². The molecule has 2 fully saturated rings. The number of guanidine groups is 1. The zero-order valence-corrected chi connectivity index (χ0v) is 41.5. The molecule has 0 unspecified atom stereocenters. The number of aliphatic hydroxyl groups is 2. The minimum Gasteiger partial charge on any atom is -0.508 e. The van der Waals surface area contributed by atoms with Crippen LogP contribution in [-0.4, -0.2) is 171 Å². The number of phenolic OH excluding ortho intramolecular Hbond substituents is 1. The molecule has 0 saturated carbocycles. The van der Waals surface area contributed by atoms with E-state index in [-0.39, 0.29) is 63.3 Å². The number of carboxylic acid groups (broad SMARTS) is 1. The molecule has 26 nitrogen and oxygen atoms in total. The number of carbonyl (C=O) groups excluding carboxylic acids is 9. The number of fused-ring (bicyclic) bond motifs is 1. The third-order valence-corrected chi connectivity index (χ3v) is 12.2.